The number of ether oxygens (including phenoxy) is 1. The molecule has 0 bridgehead atoms. The van der Waals surface area contributed by atoms with Crippen molar-refractivity contribution in [1.82, 2.24) is 20.2 Å². The molecule has 190 valence electrons. The number of nitrogens with one attached hydrogen (secondary N) is 1. The zero-order valence-corrected chi connectivity index (χ0v) is 19.9. The first-order chi connectivity index (χ1) is 16.5. The first-order valence-electron chi connectivity index (χ1n) is 11.7. The zero-order chi connectivity index (χ0) is 25.3. The van der Waals surface area contributed by atoms with Crippen LogP contribution in [0.15, 0.2) is 24.5 Å². The highest BCUT2D eigenvalue weighted by Gasteiger charge is 2.35. The van der Waals surface area contributed by atoms with E-state index in [4.69, 9.17) is 0 Å². The highest BCUT2D eigenvalue weighted by atomic mass is 19.4. The van der Waals surface area contributed by atoms with Crippen molar-refractivity contribution in [2.45, 2.75) is 58.0 Å². The lowest BCUT2D eigenvalue weighted by molar-refractivity contribution is -0.275. The summed E-state index contributed by atoms with van der Waals surface area (Å²) in [6.07, 6.45) is -1.48. The topological polar surface area (TPSA) is 70.6 Å². The summed E-state index contributed by atoms with van der Waals surface area (Å²) in [5.74, 6) is -1.11. The average Bonchev–Trinajstić information content (AvgIpc) is 3.19. The first-order valence-corrected chi connectivity index (χ1v) is 11.7. The van der Waals surface area contributed by atoms with Gasteiger partial charge in [-0.15, -0.1) is 13.2 Å². The molecule has 2 aliphatic rings. The van der Waals surface area contributed by atoms with Crippen LogP contribution in [0.3, 0.4) is 0 Å². The Balaban J connectivity index is 1.51. The van der Waals surface area contributed by atoms with Gasteiger partial charge in [-0.2, -0.15) is 0 Å². The van der Waals surface area contributed by atoms with E-state index in [0.29, 0.717) is 32.1 Å². The Bertz CT molecular complexity index is 1070. The van der Waals surface area contributed by atoms with Gasteiger partial charge in [-0.3, -0.25) is 10.1 Å². The standard InChI is InChI=1S/C24H29F4N5O2/c1-14(2)31-21(16-5-6-17(25)19(12-16)35-24(26,27)28)23(34)33-10-8-32(9-11-33)22-20-15(3)4-7-18(20)29-13-30-22/h5-6,12-15,21,31H,4,7-11H2,1-3H3/t15-,21-/m1/s1. The fourth-order valence-electron chi connectivity index (χ4n) is 4.74. The van der Waals surface area contributed by atoms with Crippen LogP contribution in [0.5, 0.6) is 5.75 Å². The number of fused-ring (bicyclic) bond motifs is 1. The number of piperazine rings is 1. The third-order valence-electron chi connectivity index (χ3n) is 6.40. The van der Waals surface area contributed by atoms with E-state index >= 15 is 0 Å². The molecule has 1 aromatic carbocycles. The van der Waals surface area contributed by atoms with Gasteiger partial charge in [-0.1, -0.05) is 13.0 Å². The Kier molecular flexibility index (Phi) is 7.16. The molecular formula is C24H29F4N5O2. The molecule has 0 saturated carbocycles. The highest BCUT2D eigenvalue weighted by Crippen LogP contribution is 2.37. The van der Waals surface area contributed by atoms with Gasteiger partial charge in [0.2, 0.25) is 5.91 Å². The van der Waals surface area contributed by atoms with Gasteiger partial charge >= 0.3 is 6.36 Å². The Morgan fingerprint density at radius 3 is 2.54 bits per heavy atom. The van der Waals surface area contributed by atoms with Gasteiger partial charge in [0.1, 0.15) is 18.2 Å². The van der Waals surface area contributed by atoms with Crippen molar-refractivity contribution < 1.29 is 27.1 Å². The number of carbonyl (C=O) groups excluding carboxylic acids is 1. The maximum absolute atomic E-state index is 14.0. The molecule has 1 aromatic heterocycles. The number of hydrogen-bond acceptors (Lipinski definition) is 6. The molecule has 1 aliphatic heterocycles. The Morgan fingerprint density at radius 1 is 1.17 bits per heavy atom. The molecule has 0 unspecified atom stereocenters. The molecule has 1 saturated heterocycles. The van der Waals surface area contributed by atoms with Gasteiger partial charge in [-0.05, 0) is 50.3 Å². The number of carbonyl (C=O) groups is 1. The van der Waals surface area contributed by atoms with E-state index in [2.05, 4.69) is 31.8 Å². The van der Waals surface area contributed by atoms with E-state index in [1.807, 2.05) is 13.8 Å². The van der Waals surface area contributed by atoms with Crippen molar-refractivity contribution in [1.29, 1.82) is 0 Å². The second kappa shape index (κ2) is 9.96. The summed E-state index contributed by atoms with van der Waals surface area (Å²) in [5.41, 5.74) is 2.46. The average molecular weight is 496 g/mol. The van der Waals surface area contributed by atoms with E-state index in [1.165, 1.54) is 11.6 Å². The second-order valence-corrected chi connectivity index (χ2v) is 9.30. The number of halogens is 4. The molecule has 2 heterocycles. The first kappa shape index (κ1) is 25.2. The van der Waals surface area contributed by atoms with Crippen molar-refractivity contribution >= 4 is 11.7 Å². The van der Waals surface area contributed by atoms with Crippen molar-refractivity contribution in [3.8, 4) is 5.75 Å². The Morgan fingerprint density at radius 2 is 1.89 bits per heavy atom. The van der Waals surface area contributed by atoms with Gasteiger partial charge in [0.15, 0.2) is 11.6 Å². The molecule has 1 amide bonds. The Hall–Kier alpha value is -2.95. The molecule has 0 spiro atoms. The number of rotatable bonds is 6. The Labute approximate surface area is 201 Å². The summed E-state index contributed by atoms with van der Waals surface area (Å²) in [7, 11) is 0. The van der Waals surface area contributed by atoms with Crippen molar-refractivity contribution in [2.24, 2.45) is 0 Å². The zero-order valence-electron chi connectivity index (χ0n) is 19.9. The van der Waals surface area contributed by atoms with E-state index in [1.54, 1.807) is 11.2 Å². The largest absolute Gasteiger partial charge is 0.573 e. The molecule has 2 atom stereocenters. The van der Waals surface area contributed by atoms with Crippen LogP contribution in [0.25, 0.3) is 0 Å². The number of benzene rings is 1. The van der Waals surface area contributed by atoms with Crippen LogP contribution in [0.4, 0.5) is 23.4 Å². The van der Waals surface area contributed by atoms with Crippen LogP contribution in [0.2, 0.25) is 0 Å². The lowest BCUT2D eigenvalue weighted by atomic mass is 10.0. The van der Waals surface area contributed by atoms with Crippen LogP contribution in [-0.2, 0) is 11.2 Å². The molecule has 1 fully saturated rings. The third-order valence-corrected chi connectivity index (χ3v) is 6.40. The molecule has 4 rings (SSSR count). The number of aromatic nitrogens is 2. The molecule has 2 aromatic rings. The fourth-order valence-corrected chi connectivity index (χ4v) is 4.74. The maximum Gasteiger partial charge on any atom is 0.573 e. The van der Waals surface area contributed by atoms with Crippen LogP contribution in [-0.4, -0.2) is 59.4 Å². The monoisotopic (exact) mass is 495 g/mol. The number of alkyl halides is 3. The van der Waals surface area contributed by atoms with Crippen molar-refractivity contribution in [3.63, 3.8) is 0 Å². The maximum atomic E-state index is 14.0. The summed E-state index contributed by atoms with van der Waals surface area (Å²) < 4.78 is 55.9. The van der Waals surface area contributed by atoms with Gasteiger partial charge in [0, 0.05) is 43.5 Å². The lowest BCUT2D eigenvalue weighted by Gasteiger charge is -2.38. The van der Waals surface area contributed by atoms with Gasteiger partial charge < -0.3 is 14.5 Å². The number of anilines is 1. The summed E-state index contributed by atoms with van der Waals surface area (Å²) in [6, 6.07) is 2.03. The van der Waals surface area contributed by atoms with Gasteiger partial charge in [0.25, 0.3) is 0 Å². The minimum Gasteiger partial charge on any atom is -0.403 e. The summed E-state index contributed by atoms with van der Waals surface area (Å²) in [6.45, 7) is 7.81. The SMILES string of the molecule is CC(C)N[C@@H](C(=O)N1CCN(c2ncnc3c2[C@H](C)CC3)CC1)c1ccc(F)c(OC(F)(F)F)c1. The molecule has 35 heavy (non-hydrogen) atoms. The van der Waals surface area contributed by atoms with E-state index in [9.17, 15) is 22.4 Å². The van der Waals surface area contributed by atoms with Crippen LogP contribution < -0.4 is 15.0 Å². The van der Waals surface area contributed by atoms with E-state index < -0.39 is 24.0 Å². The molecule has 7 nitrogen and oxygen atoms in total. The number of amides is 1. The molecule has 0 radical (unpaired) electrons. The van der Waals surface area contributed by atoms with E-state index in [0.717, 1.165) is 36.5 Å². The van der Waals surface area contributed by atoms with Crippen LogP contribution in [0, 0.1) is 5.82 Å². The molecule has 11 heteroatoms. The van der Waals surface area contributed by atoms with Crippen molar-refractivity contribution in [3.05, 3.63) is 47.2 Å². The third kappa shape index (κ3) is 5.66. The minimum atomic E-state index is -5.04. The lowest BCUT2D eigenvalue weighted by Crippen LogP contribution is -2.52. The summed E-state index contributed by atoms with van der Waals surface area (Å²) >= 11 is 0. The second-order valence-electron chi connectivity index (χ2n) is 9.30. The molecular weight excluding hydrogens is 466 g/mol. The normalized spacial score (nSPS) is 19.1. The predicted octanol–water partition coefficient (Wildman–Crippen LogP) is 3.95. The van der Waals surface area contributed by atoms with Gasteiger partial charge in [0.05, 0.1) is 0 Å². The van der Waals surface area contributed by atoms with Crippen LogP contribution >= 0.6 is 0 Å². The summed E-state index contributed by atoms with van der Waals surface area (Å²) in [5, 5.41) is 3.10. The van der Waals surface area contributed by atoms with E-state index in [-0.39, 0.29) is 17.5 Å². The number of nitrogens with zero attached hydrogens (tertiary/aromatic N) is 4. The quantitative estimate of drug-likeness (QED) is 0.612. The number of aryl methyl sites for hydroxylation is 1. The molecule has 1 aliphatic carbocycles. The number of hydrogen-bond donors (Lipinski definition) is 1. The van der Waals surface area contributed by atoms with Crippen molar-refractivity contribution in [2.75, 3.05) is 31.1 Å². The predicted molar refractivity (Wildman–Crippen MR) is 122 cm³/mol. The molecule has 1 N–H and O–H groups in total. The highest BCUT2D eigenvalue weighted by molar-refractivity contribution is 5.84. The smallest absolute Gasteiger partial charge is 0.403 e. The van der Waals surface area contributed by atoms with Crippen LogP contribution in [0.1, 0.15) is 56.0 Å². The van der Waals surface area contributed by atoms with Gasteiger partial charge in [-0.25, -0.2) is 14.4 Å². The summed E-state index contributed by atoms with van der Waals surface area (Å²) in [4.78, 5) is 26.2. The minimum absolute atomic E-state index is 0.146. The fraction of sp³-hybridized carbons (Fsp3) is 0.542.